The number of halogens is 1. The Morgan fingerprint density at radius 2 is 2.00 bits per heavy atom. The van der Waals surface area contributed by atoms with Crippen molar-refractivity contribution in [2.75, 3.05) is 40.6 Å². The van der Waals surface area contributed by atoms with Crippen LogP contribution < -0.4 is 5.32 Å². The lowest BCUT2D eigenvalue weighted by molar-refractivity contribution is -0.139. The van der Waals surface area contributed by atoms with Gasteiger partial charge < -0.3 is 19.5 Å². The Morgan fingerprint density at radius 3 is 2.56 bits per heavy atom. The van der Waals surface area contributed by atoms with Gasteiger partial charge in [-0.3, -0.25) is 9.59 Å². The van der Waals surface area contributed by atoms with E-state index in [9.17, 15) is 9.59 Å². The number of hydrogen-bond acceptors (Lipinski definition) is 5. The maximum Gasteiger partial charge on any atom is 0.320 e. The zero-order valence-electron chi connectivity index (χ0n) is 9.32. The number of hydrogen-bond donors (Lipinski definition) is 1. The van der Waals surface area contributed by atoms with Gasteiger partial charge in [0.15, 0.2) is 0 Å². The Kier molecular flexibility index (Phi) is 9.54. The summed E-state index contributed by atoms with van der Waals surface area (Å²) in [7, 11) is 2.87. The SMILES string of the molecule is COCCOCC(=O)NCC(I)C(=O)OC. The molecule has 0 radical (unpaired) electrons. The highest BCUT2D eigenvalue weighted by atomic mass is 127. The van der Waals surface area contributed by atoms with Gasteiger partial charge in [0.1, 0.15) is 10.5 Å². The second-order valence-corrected chi connectivity index (χ2v) is 4.34. The molecule has 0 aromatic carbocycles. The van der Waals surface area contributed by atoms with Crippen molar-refractivity contribution in [3.8, 4) is 0 Å². The molecule has 7 heteroatoms. The Balaban J connectivity index is 3.53. The first-order chi connectivity index (χ1) is 7.61. The van der Waals surface area contributed by atoms with Gasteiger partial charge in [-0.25, -0.2) is 0 Å². The predicted molar refractivity (Wildman–Crippen MR) is 65.5 cm³/mol. The lowest BCUT2D eigenvalue weighted by Gasteiger charge is -2.09. The maximum atomic E-state index is 11.2. The number of rotatable bonds is 8. The van der Waals surface area contributed by atoms with Gasteiger partial charge in [-0.05, 0) is 0 Å². The van der Waals surface area contributed by atoms with Crippen molar-refractivity contribution in [1.82, 2.24) is 5.32 Å². The van der Waals surface area contributed by atoms with Crippen LogP contribution >= 0.6 is 22.6 Å². The third-order valence-corrected chi connectivity index (χ3v) is 2.55. The Labute approximate surface area is 108 Å². The van der Waals surface area contributed by atoms with E-state index in [4.69, 9.17) is 9.47 Å². The number of alkyl halides is 1. The second kappa shape index (κ2) is 9.79. The standard InChI is InChI=1S/C9H16INO5/c1-14-3-4-16-6-8(12)11-5-7(10)9(13)15-2/h7H,3-6H2,1-2H3,(H,11,12). The van der Waals surface area contributed by atoms with Crippen LogP contribution in [0.3, 0.4) is 0 Å². The monoisotopic (exact) mass is 345 g/mol. The fourth-order valence-electron chi connectivity index (χ4n) is 0.773. The summed E-state index contributed by atoms with van der Waals surface area (Å²) >= 11 is 1.90. The van der Waals surface area contributed by atoms with E-state index in [2.05, 4.69) is 10.1 Å². The molecular formula is C9H16INO5. The van der Waals surface area contributed by atoms with Gasteiger partial charge in [-0.1, -0.05) is 22.6 Å². The minimum Gasteiger partial charge on any atom is -0.468 e. The Bertz CT molecular complexity index is 224. The van der Waals surface area contributed by atoms with Crippen molar-refractivity contribution in [3.63, 3.8) is 0 Å². The molecular weight excluding hydrogens is 329 g/mol. The van der Waals surface area contributed by atoms with E-state index in [1.54, 1.807) is 7.11 Å². The number of ether oxygens (including phenoxy) is 3. The lowest BCUT2D eigenvalue weighted by Crippen LogP contribution is -2.36. The summed E-state index contributed by atoms with van der Waals surface area (Å²) < 4.78 is 13.9. The van der Waals surface area contributed by atoms with Crippen LogP contribution in [0.15, 0.2) is 0 Å². The molecule has 0 fully saturated rings. The Hall–Kier alpha value is -0.410. The molecule has 0 rings (SSSR count). The van der Waals surface area contributed by atoms with E-state index < -0.39 is 0 Å². The van der Waals surface area contributed by atoms with Crippen molar-refractivity contribution < 1.29 is 23.8 Å². The van der Waals surface area contributed by atoms with Crippen LogP contribution in [0.25, 0.3) is 0 Å². The maximum absolute atomic E-state index is 11.2. The molecule has 0 aromatic rings. The predicted octanol–water partition coefficient (Wildman–Crippen LogP) is -0.258. The quantitative estimate of drug-likeness (QED) is 0.284. The van der Waals surface area contributed by atoms with Crippen LogP contribution in [-0.4, -0.2) is 56.4 Å². The first-order valence-corrected chi connectivity index (χ1v) is 5.91. The van der Waals surface area contributed by atoms with Crippen molar-refractivity contribution in [2.24, 2.45) is 0 Å². The molecule has 0 aliphatic rings. The van der Waals surface area contributed by atoms with Crippen molar-refractivity contribution in [1.29, 1.82) is 0 Å². The van der Waals surface area contributed by atoms with Gasteiger partial charge in [-0.2, -0.15) is 0 Å². The molecule has 1 N–H and O–H groups in total. The lowest BCUT2D eigenvalue weighted by atomic mass is 10.4. The zero-order chi connectivity index (χ0) is 12.4. The average molecular weight is 345 g/mol. The fourth-order valence-corrected chi connectivity index (χ4v) is 1.25. The molecule has 0 bridgehead atoms. The summed E-state index contributed by atoms with van der Waals surface area (Å²) in [6, 6.07) is 0. The molecule has 0 aromatic heterocycles. The summed E-state index contributed by atoms with van der Waals surface area (Å²) in [6.07, 6.45) is 0. The van der Waals surface area contributed by atoms with Gasteiger partial charge in [0.05, 0.1) is 20.3 Å². The minimum absolute atomic E-state index is 0.0338. The third-order valence-electron chi connectivity index (χ3n) is 1.60. The van der Waals surface area contributed by atoms with Crippen molar-refractivity contribution >= 4 is 34.5 Å². The third kappa shape index (κ3) is 7.83. The van der Waals surface area contributed by atoms with E-state index in [1.807, 2.05) is 22.6 Å². The summed E-state index contributed by atoms with van der Waals surface area (Å²) in [5.74, 6) is -0.622. The van der Waals surface area contributed by atoms with Crippen molar-refractivity contribution in [3.05, 3.63) is 0 Å². The minimum atomic E-state index is -0.384. The molecule has 0 saturated carbocycles. The summed E-state index contributed by atoms with van der Waals surface area (Å²) in [5, 5.41) is 2.56. The van der Waals surface area contributed by atoms with Gasteiger partial charge in [0.25, 0.3) is 0 Å². The van der Waals surface area contributed by atoms with Gasteiger partial charge in [0.2, 0.25) is 5.91 Å². The number of methoxy groups -OCH3 is 2. The first-order valence-electron chi connectivity index (χ1n) is 4.67. The van der Waals surface area contributed by atoms with Crippen LogP contribution in [0, 0.1) is 0 Å². The smallest absolute Gasteiger partial charge is 0.320 e. The van der Waals surface area contributed by atoms with E-state index in [0.29, 0.717) is 13.2 Å². The van der Waals surface area contributed by atoms with Crippen LogP contribution in [0.1, 0.15) is 0 Å². The molecule has 1 atom stereocenters. The number of carbonyl (C=O) groups excluding carboxylic acids is 2. The Morgan fingerprint density at radius 1 is 1.31 bits per heavy atom. The van der Waals surface area contributed by atoms with Crippen molar-refractivity contribution in [2.45, 2.75) is 3.92 Å². The van der Waals surface area contributed by atoms with Crippen LogP contribution in [0.4, 0.5) is 0 Å². The molecule has 1 amide bonds. The van der Waals surface area contributed by atoms with Gasteiger partial charge in [0, 0.05) is 13.7 Å². The van der Waals surface area contributed by atoms with Crippen LogP contribution in [0.5, 0.6) is 0 Å². The first kappa shape index (κ1) is 15.6. The van der Waals surface area contributed by atoms with Crippen LogP contribution in [-0.2, 0) is 23.8 Å². The number of amides is 1. The summed E-state index contributed by atoms with van der Waals surface area (Å²) in [5.41, 5.74) is 0. The van der Waals surface area contributed by atoms with Gasteiger partial charge >= 0.3 is 5.97 Å². The largest absolute Gasteiger partial charge is 0.468 e. The van der Waals surface area contributed by atoms with E-state index in [1.165, 1.54) is 7.11 Å². The molecule has 16 heavy (non-hydrogen) atoms. The normalized spacial score (nSPS) is 11.9. The highest BCUT2D eigenvalue weighted by Gasteiger charge is 2.15. The molecule has 1 unspecified atom stereocenters. The fraction of sp³-hybridized carbons (Fsp3) is 0.778. The molecule has 0 aliphatic heterocycles. The zero-order valence-corrected chi connectivity index (χ0v) is 11.5. The summed E-state index contributed by atoms with van der Waals surface area (Å²) in [4.78, 5) is 22.2. The average Bonchev–Trinajstić information content (AvgIpc) is 2.30. The number of carbonyl (C=O) groups is 2. The molecule has 0 aliphatic carbocycles. The topological polar surface area (TPSA) is 73.9 Å². The van der Waals surface area contributed by atoms with E-state index in [-0.39, 0.29) is 29.0 Å². The molecule has 0 saturated heterocycles. The molecule has 6 nitrogen and oxygen atoms in total. The summed E-state index contributed by atoms with van der Waals surface area (Å²) in [6.45, 7) is 1.02. The number of nitrogens with one attached hydrogen (secondary N) is 1. The number of esters is 1. The van der Waals surface area contributed by atoms with Gasteiger partial charge in [-0.15, -0.1) is 0 Å². The molecule has 0 heterocycles. The molecule has 94 valence electrons. The highest BCUT2D eigenvalue weighted by molar-refractivity contribution is 14.1. The molecule has 0 spiro atoms. The van der Waals surface area contributed by atoms with E-state index >= 15 is 0 Å². The van der Waals surface area contributed by atoms with E-state index in [0.717, 1.165) is 0 Å². The highest BCUT2D eigenvalue weighted by Crippen LogP contribution is 2.00. The second-order valence-electron chi connectivity index (χ2n) is 2.84. The van der Waals surface area contributed by atoms with Crippen LogP contribution in [0.2, 0.25) is 0 Å².